The van der Waals surface area contributed by atoms with E-state index in [2.05, 4.69) is 26.1 Å². The topological polar surface area (TPSA) is 41.5 Å². The molecule has 0 aromatic rings. The van der Waals surface area contributed by atoms with E-state index in [1.54, 1.807) is 0 Å². The third-order valence-corrected chi connectivity index (χ3v) is 3.80. The average molecular weight is 243 g/mol. The van der Waals surface area contributed by atoms with Crippen LogP contribution in [0.2, 0.25) is 0 Å². The first-order valence-corrected chi connectivity index (χ1v) is 6.86. The van der Waals surface area contributed by atoms with Crippen molar-refractivity contribution in [1.82, 2.24) is 5.32 Å². The molecule has 1 aliphatic rings. The van der Waals surface area contributed by atoms with E-state index < -0.39 is 0 Å². The quantitative estimate of drug-likeness (QED) is 0.751. The summed E-state index contributed by atoms with van der Waals surface area (Å²) >= 11 is 0. The Morgan fingerprint density at radius 2 is 2.12 bits per heavy atom. The smallest absolute Gasteiger partial charge is 0.0585 e. The molecule has 1 fully saturated rings. The first-order valence-electron chi connectivity index (χ1n) is 6.86. The van der Waals surface area contributed by atoms with Crippen molar-refractivity contribution >= 4 is 0 Å². The summed E-state index contributed by atoms with van der Waals surface area (Å²) in [4.78, 5) is 0. The molecule has 0 aromatic carbocycles. The molecule has 0 aliphatic heterocycles. The first kappa shape index (κ1) is 14.9. The van der Waals surface area contributed by atoms with E-state index in [-0.39, 0.29) is 12.6 Å². The summed E-state index contributed by atoms with van der Waals surface area (Å²) in [7, 11) is 1.88. The molecule has 1 aliphatic carbocycles. The minimum atomic E-state index is 0.170. The van der Waals surface area contributed by atoms with Crippen molar-refractivity contribution in [3.8, 4) is 0 Å². The van der Waals surface area contributed by atoms with Gasteiger partial charge in [-0.05, 0) is 44.1 Å². The zero-order valence-electron chi connectivity index (χ0n) is 11.8. The highest BCUT2D eigenvalue weighted by atomic mass is 16.5. The van der Waals surface area contributed by atoms with E-state index in [4.69, 9.17) is 9.84 Å². The molecule has 0 bridgehead atoms. The van der Waals surface area contributed by atoms with Crippen LogP contribution >= 0.6 is 0 Å². The lowest BCUT2D eigenvalue weighted by Gasteiger charge is -2.38. The van der Waals surface area contributed by atoms with Gasteiger partial charge in [0, 0.05) is 12.6 Å². The molecule has 0 heterocycles. The number of likely N-dealkylation sites (N-methyl/N-ethyl adjacent to an activating group) is 1. The Kier molecular flexibility index (Phi) is 5.90. The van der Waals surface area contributed by atoms with Crippen LogP contribution < -0.4 is 5.32 Å². The molecule has 2 N–H and O–H groups in total. The molecule has 0 aromatic heterocycles. The van der Waals surface area contributed by atoms with E-state index in [0.29, 0.717) is 11.5 Å². The maximum atomic E-state index is 9.07. The van der Waals surface area contributed by atoms with Crippen LogP contribution in [0.1, 0.15) is 46.5 Å². The first-order chi connectivity index (χ1) is 7.96. The fourth-order valence-electron chi connectivity index (χ4n) is 3.09. The third kappa shape index (κ3) is 5.36. The molecule has 3 heteroatoms. The van der Waals surface area contributed by atoms with E-state index in [0.717, 1.165) is 18.9 Å². The second-order valence-corrected chi connectivity index (χ2v) is 6.36. The van der Waals surface area contributed by atoms with Crippen LogP contribution in [0.3, 0.4) is 0 Å². The second kappa shape index (κ2) is 6.72. The van der Waals surface area contributed by atoms with Gasteiger partial charge in [-0.2, -0.15) is 0 Å². The van der Waals surface area contributed by atoms with Crippen LogP contribution in [0, 0.1) is 11.3 Å². The van der Waals surface area contributed by atoms with E-state index >= 15 is 0 Å². The Labute approximate surface area is 106 Å². The molecule has 0 saturated heterocycles. The number of aliphatic hydroxyl groups excluding tert-OH is 1. The van der Waals surface area contributed by atoms with E-state index in [1.807, 2.05) is 7.05 Å². The third-order valence-electron chi connectivity index (χ3n) is 3.80. The van der Waals surface area contributed by atoms with E-state index in [1.165, 1.54) is 19.3 Å². The van der Waals surface area contributed by atoms with Crippen LogP contribution in [0.5, 0.6) is 0 Å². The number of hydrogen-bond donors (Lipinski definition) is 2. The summed E-state index contributed by atoms with van der Waals surface area (Å²) in [6.45, 7) is 7.93. The van der Waals surface area contributed by atoms with Crippen LogP contribution in [-0.2, 0) is 4.74 Å². The van der Waals surface area contributed by atoms with Crippen LogP contribution in [0.4, 0.5) is 0 Å². The van der Waals surface area contributed by atoms with Crippen molar-refractivity contribution in [1.29, 1.82) is 0 Å². The van der Waals surface area contributed by atoms with Gasteiger partial charge < -0.3 is 15.2 Å². The van der Waals surface area contributed by atoms with Crippen molar-refractivity contribution < 1.29 is 9.84 Å². The van der Waals surface area contributed by atoms with Gasteiger partial charge in [0.25, 0.3) is 0 Å². The molecule has 3 atom stereocenters. The van der Waals surface area contributed by atoms with Crippen molar-refractivity contribution in [3.05, 3.63) is 0 Å². The highest BCUT2D eigenvalue weighted by molar-refractivity contribution is 4.83. The molecule has 1 rings (SSSR count). The summed E-state index contributed by atoms with van der Waals surface area (Å²) < 4.78 is 5.97. The summed E-state index contributed by atoms with van der Waals surface area (Å²) in [5, 5.41) is 12.2. The average Bonchev–Trinajstić information content (AvgIpc) is 2.21. The van der Waals surface area contributed by atoms with Gasteiger partial charge in [0.05, 0.1) is 12.7 Å². The molecule has 102 valence electrons. The predicted octanol–water partition coefficient (Wildman–Crippen LogP) is 2.19. The molecule has 0 spiro atoms. The Balaban J connectivity index is 2.27. The molecule has 3 nitrogen and oxygen atoms in total. The molecule has 17 heavy (non-hydrogen) atoms. The Bertz CT molecular complexity index is 214. The van der Waals surface area contributed by atoms with Gasteiger partial charge in [-0.1, -0.05) is 20.8 Å². The highest BCUT2D eigenvalue weighted by Crippen LogP contribution is 2.39. The van der Waals surface area contributed by atoms with Gasteiger partial charge in [-0.3, -0.25) is 0 Å². The van der Waals surface area contributed by atoms with Gasteiger partial charge in [0.15, 0.2) is 0 Å². The molecule has 0 radical (unpaired) electrons. The summed E-state index contributed by atoms with van der Waals surface area (Å²) in [5.41, 5.74) is 0.418. The van der Waals surface area contributed by atoms with Gasteiger partial charge >= 0.3 is 0 Å². The van der Waals surface area contributed by atoms with Crippen LogP contribution in [-0.4, -0.2) is 37.5 Å². The fraction of sp³-hybridized carbons (Fsp3) is 1.00. The minimum absolute atomic E-state index is 0.170. The predicted molar refractivity (Wildman–Crippen MR) is 71.1 cm³/mol. The summed E-state index contributed by atoms with van der Waals surface area (Å²) in [6, 6.07) is 0.170. The highest BCUT2D eigenvalue weighted by Gasteiger charge is 2.32. The van der Waals surface area contributed by atoms with Gasteiger partial charge in [0.2, 0.25) is 0 Å². The largest absolute Gasteiger partial charge is 0.395 e. The van der Waals surface area contributed by atoms with Gasteiger partial charge in [-0.25, -0.2) is 0 Å². The van der Waals surface area contributed by atoms with Crippen LogP contribution in [0.25, 0.3) is 0 Å². The minimum Gasteiger partial charge on any atom is -0.395 e. The Hall–Kier alpha value is -0.120. The van der Waals surface area contributed by atoms with Crippen molar-refractivity contribution in [3.63, 3.8) is 0 Å². The van der Waals surface area contributed by atoms with Crippen molar-refractivity contribution in [2.45, 2.75) is 58.6 Å². The van der Waals surface area contributed by atoms with Crippen molar-refractivity contribution in [2.75, 3.05) is 20.3 Å². The lowest BCUT2D eigenvalue weighted by Crippen LogP contribution is -2.34. The molecular weight excluding hydrogens is 214 g/mol. The Morgan fingerprint density at radius 1 is 1.41 bits per heavy atom. The maximum Gasteiger partial charge on any atom is 0.0585 e. The fourth-order valence-corrected chi connectivity index (χ4v) is 3.09. The summed E-state index contributed by atoms with van der Waals surface area (Å²) in [5.74, 6) is 0.765. The second-order valence-electron chi connectivity index (χ2n) is 6.36. The SMILES string of the molecule is CNC(CO)CCOC1CC(C)CC(C)(C)C1. The molecule has 1 saturated carbocycles. The van der Waals surface area contributed by atoms with Gasteiger partial charge in [0.1, 0.15) is 0 Å². The summed E-state index contributed by atoms with van der Waals surface area (Å²) in [6.07, 6.45) is 4.96. The number of ether oxygens (including phenoxy) is 1. The number of nitrogens with one attached hydrogen (secondary N) is 1. The van der Waals surface area contributed by atoms with Gasteiger partial charge in [-0.15, -0.1) is 0 Å². The van der Waals surface area contributed by atoms with E-state index in [9.17, 15) is 0 Å². The zero-order valence-corrected chi connectivity index (χ0v) is 11.8. The normalized spacial score (nSPS) is 30.2. The monoisotopic (exact) mass is 243 g/mol. The zero-order chi connectivity index (χ0) is 12.9. The number of aliphatic hydroxyl groups is 1. The lowest BCUT2D eigenvalue weighted by atomic mass is 9.71. The standard InChI is InChI=1S/C14H29NO2/c1-11-7-13(9-14(2,3)8-11)17-6-5-12(10-16)15-4/h11-13,15-16H,5-10H2,1-4H3. The maximum absolute atomic E-state index is 9.07. The number of rotatable bonds is 6. The molecule has 0 amide bonds. The van der Waals surface area contributed by atoms with Crippen molar-refractivity contribution in [2.24, 2.45) is 11.3 Å². The lowest BCUT2D eigenvalue weighted by molar-refractivity contribution is -0.0267. The number of hydrogen-bond acceptors (Lipinski definition) is 3. The Morgan fingerprint density at radius 3 is 2.65 bits per heavy atom. The molecule has 3 unspecified atom stereocenters. The molecular formula is C14H29NO2. The van der Waals surface area contributed by atoms with Crippen LogP contribution in [0.15, 0.2) is 0 Å².